The Bertz CT molecular complexity index is 596. The molecule has 0 radical (unpaired) electrons. The van der Waals surface area contributed by atoms with E-state index in [1.54, 1.807) is 0 Å². The summed E-state index contributed by atoms with van der Waals surface area (Å²) >= 11 is 0. The van der Waals surface area contributed by atoms with Gasteiger partial charge in [-0.1, -0.05) is 6.07 Å². The van der Waals surface area contributed by atoms with Crippen LogP contribution in [0.25, 0.3) is 11.1 Å². The van der Waals surface area contributed by atoms with Crippen LogP contribution in [0.4, 0.5) is 0 Å². The lowest BCUT2D eigenvalue weighted by atomic mass is 10.1. The summed E-state index contributed by atoms with van der Waals surface area (Å²) in [4.78, 5) is 13.7. The Balaban J connectivity index is 1.51. The largest absolute Gasteiger partial charge is 0.417 e. The number of rotatable bonds is 5. The molecule has 1 aliphatic rings. The Kier molecular flexibility index (Phi) is 3.66. The molecule has 0 aliphatic carbocycles. The van der Waals surface area contributed by atoms with Gasteiger partial charge in [-0.2, -0.15) is 0 Å². The first-order valence-electron chi connectivity index (χ1n) is 6.84. The van der Waals surface area contributed by atoms with Crippen molar-refractivity contribution in [3.8, 4) is 0 Å². The standard InChI is InChI=1S/C14H19N3O2/c18-14-17-12-2-1-11(7-13(12)19-14)9-16-6-4-10-3-5-15-8-10/h1-2,7,10,15-16H,3-6,8-9H2,(H,17,18). The van der Waals surface area contributed by atoms with E-state index in [9.17, 15) is 4.79 Å². The number of benzene rings is 1. The molecule has 1 saturated heterocycles. The molecule has 1 unspecified atom stereocenters. The van der Waals surface area contributed by atoms with Crippen LogP contribution in [0.1, 0.15) is 18.4 Å². The number of hydrogen-bond donors (Lipinski definition) is 3. The molecule has 0 spiro atoms. The average molecular weight is 261 g/mol. The van der Waals surface area contributed by atoms with E-state index in [-0.39, 0.29) is 0 Å². The Labute approximate surface area is 111 Å². The Morgan fingerprint density at radius 2 is 2.37 bits per heavy atom. The van der Waals surface area contributed by atoms with E-state index in [0.717, 1.165) is 43.2 Å². The van der Waals surface area contributed by atoms with Crippen LogP contribution in [0.5, 0.6) is 0 Å². The van der Waals surface area contributed by atoms with Gasteiger partial charge in [0.15, 0.2) is 5.58 Å². The summed E-state index contributed by atoms with van der Waals surface area (Å²) in [5.41, 5.74) is 2.52. The summed E-state index contributed by atoms with van der Waals surface area (Å²) in [6.07, 6.45) is 2.51. The fourth-order valence-corrected chi connectivity index (χ4v) is 2.60. The van der Waals surface area contributed by atoms with Crippen LogP contribution in [0.3, 0.4) is 0 Å². The van der Waals surface area contributed by atoms with Crippen molar-refractivity contribution in [1.29, 1.82) is 0 Å². The van der Waals surface area contributed by atoms with Gasteiger partial charge in [0, 0.05) is 6.54 Å². The van der Waals surface area contributed by atoms with E-state index in [0.29, 0.717) is 5.58 Å². The highest BCUT2D eigenvalue weighted by Crippen LogP contribution is 2.13. The third-order valence-electron chi connectivity index (χ3n) is 3.71. The van der Waals surface area contributed by atoms with Gasteiger partial charge in [0.05, 0.1) is 5.52 Å². The zero-order chi connectivity index (χ0) is 13.1. The summed E-state index contributed by atoms with van der Waals surface area (Å²) in [7, 11) is 0. The quantitative estimate of drug-likeness (QED) is 0.708. The summed E-state index contributed by atoms with van der Waals surface area (Å²) in [6.45, 7) is 4.16. The maximum atomic E-state index is 11.1. The van der Waals surface area contributed by atoms with Crippen molar-refractivity contribution in [3.05, 3.63) is 34.3 Å². The van der Waals surface area contributed by atoms with Gasteiger partial charge in [0.2, 0.25) is 0 Å². The molecule has 5 nitrogen and oxygen atoms in total. The highest BCUT2D eigenvalue weighted by molar-refractivity contribution is 5.72. The van der Waals surface area contributed by atoms with Gasteiger partial charge in [-0.3, -0.25) is 4.98 Å². The second kappa shape index (κ2) is 5.59. The molecular formula is C14H19N3O2. The summed E-state index contributed by atoms with van der Waals surface area (Å²) in [5, 5.41) is 6.82. The molecule has 0 bridgehead atoms. The number of fused-ring (bicyclic) bond motifs is 1. The topological polar surface area (TPSA) is 70.1 Å². The highest BCUT2D eigenvalue weighted by atomic mass is 16.4. The van der Waals surface area contributed by atoms with Gasteiger partial charge < -0.3 is 15.1 Å². The molecular weight excluding hydrogens is 242 g/mol. The zero-order valence-corrected chi connectivity index (χ0v) is 10.9. The minimum Gasteiger partial charge on any atom is -0.408 e. The zero-order valence-electron chi connectivity index (χ0n) is 10.9. The Morgan fingerprint density at radius 1 is 1.42 bits per heavy atom. The second-order valence-electron chi connectivity index (χ2n) is 5.17. The molecule has 0 amide bonds. The number of H-pyrrole nitrogens is 1. The molecule has 3 rings (SSSR count). The molecule has 102 valence electrons. The maximum Gasteiger partial charge on any atom is 0.417 e. The molecule has 0 saturated carbocycles. The van der Waals surface area contributed by atoms with Gasteiger partial charge in [0.1, 0.15) is 0 Å². The van der Waals surface area contributed by atoms with Gasteiger partial charge in [-0.15, -0.1) is 0 Å². The lowest BCUT2D eigenvalue weighted by molar-refractivity contribution is 0.500. The van der Waals surface area contributed by atoms with Crippen LogP contribution >= 0.6 is 0 Å². The fourth-order valence-electron chi connectivity index (χ4n) is 2.60. The van der Waals surface area contributed by atoms with E-state index in [1.807, 2.05) is 18.2 Å². The van der Waals surface area contributed by atoms with Gasteiger partial charge in [-0.25, -0.2) is 4.79 Å². The molecule has 5 heteroatoms. The molecule has 2 heterocycles. The minimum atomic E-state index is -0.395. The smallest absolute Gasteiger partial charge is 0.408 e. The lowest BCUT2D eigenvalue weighted by Gasteiger charge is -2.09. The van der Waals surface area contributed by atoms with Gasteiger partial charge in [-0.05, 0) is 56.1 Å². The van der Waals surface area contributed by atoms with Crippen LogP contribution in [-0.4, -0.2) is 24.6 Å². The normalized spacial score (nSPS) is 19.3. The van der Waals surface area contributed by atoms with Crippen molar-refractivity contribution in [2.24, 2.45) is 5.92 Å². The Hall–Kier alpha value is -1.59. The van der Waals surface area contributed by atoms with Crippen molar-refractivity contribution in [1.82, 2.24) is 15.6 Å². The monoisotopic (exact) mass is 261 g/mol. The van der Waals surface area contributed by atoms with E-state index >= 15 is 0 Å². The summed E-state index contributed by atoms with van der Waals surface area (Å²) in [6, 6.07) is 5.81. The van der Waals surface area contributed by atoms with E-state index in [4.69, 9.17) is 4.42 Å². The van der Waals surface area contributed by atoms with E-state index < -0.39 is 5.76 Å². The fraction of sp³-hybridized carbons (Fsp3) is 0.500. The number of oxazole rings is 1. The predicted octanol–water partition coefficient (Wildman–Crippen LogP) is 1.21. The summed E-state index contributed by atoms with van der Waals surface area (Å²) < 4.78 is 5.05. The highest BCUT2D eigenvalue weighted by Gasteiger charge is 2.13. The second-order valence-corrected chi connectivity index (χ2v) is 5.17. The molecule has 1 aromatic carbocycles. The molecule has 2 aromatic rings. The van der Waals surface area contributed by atoms with Crippen molar-refractivity contribution in [2.45, 2.75) is 19.4 Å². The molecule has 1 aliphatic heterocycles. The molecule has 19 heavy (non-hydrogen) atoms. The van der Waals surface area contributed by atoms with E-state index in [2.05, 4.69) is 15.6 Å². The molecule has 3 N–H and O–H groups in total. The van der Waals surface area contributed by atoms with Crippen LogP contribution in [0, 0.1) is 5.92 Å². The number of aromatic amines is 1. The number of nitrogens with one attached hydrogen (secondary N) is 3. The first kappa shape index (κ1) is 12.4. The third kappa shape index (κ3) is 3.05. The maximum absolute atomic E-state index is 11.1. The summed E-state index contributed by atoms with van der Waals surface area (Å²) in [5.74, 6) is 0.423. The number of aromatic nitrogens is 1. The van der Waals surface area contributed by atoms with Gasteiger partial charge in [0.25, 0.3) is 0 Å². The van der Waals surface area contributed by atoms with Crippen LogP contribution in [-0.2, 0) is 6.54 Å². The van der Waals surface area contributed by atoms with E-state index in [1.165, 1.54) is 12.8 Å². The van der Waals surface area contributed by atoms with Crippen molar-refractivity contribution >= 4 is 11.1 Å². The van der Waals surface area contributed by atoms with Crippen molar-refractivity contribution in [2.75, 3.05) is 19.6 Å². The van der Waals surface area contributed by atoms with Crippen molar-refractivity contribution in [3.63, 3.8) is 0 Å². The number of hydrogen-bond acceptors (Lipinski definition) is 4. The molecule has 1 atom stereocenters. The molecule has 1 fully saturated rings. The average Bonchev–Trinajstić information content (AvgIpc) is 3.02. The van der Waals surface area contributed by atoms with Gasteiger partial charge >= 0.3 is 5.76 Å². The van der Waals surface area contributed by atoms with Crippen LogP contribution in [0.15, 0.2) is 27.4 Å². The first-order chi connectivity index (χ1) is 9.31. The first-order valence-corrected chi connectivity index (χ1v) is 6.84. The SMILES string of the molecule is O=c1[nH]c2ccc(CNCCC3CCNC3)cc2o1. The third-order valence-corrected chi connectivity index (χ3v) is 3.71. The molecule has 1 aromatic heterocycles. The minimum absolute atomic E-state index is 0.395. The van der Waals surface area contributed by atoms with Crippen LogP contribution < -0.4 is 16.4 Å². The Morgan fingerprint density at radius 3 is 3.21 bits per heavy atom. The van der Waals surface area contributed by atoms with Crippen molar-refractivity contribution < 1.29 is 4.42 Å². The van der Waals surface area contributed by atoms with Crippen LogP contribution in [0.2, 0.25) is 0 Å². The predicted molar refractivity (Wildman–Crippen MR) is 74.1 cm³/mol. The lowest BCUT2D eigenvalue weighted by Crippen LogP contribution is -2.19.